The highest BCUT2D eigenvalue weighted by Crippen LogP contribution is 2.34. The van der Waals surface area contributed by atoms with Crippen LogP contribution in [0.25, 0.3) is 33.3 Å². The number of hydrogen-bond acceptors (Lipinski definition) is 2. The van der Waals surface area contributed by atoms with E-state index in [0.717, 1.165) is 27.8 Å². The molecule has 0 saturated heterocycles. The van der Waals surface area contributed by atoms with Crippen molar-refractivity contribution < 1.29 is 0 Å². The summed E-state index contributed by atoms with van der Waals surface area (Å²) in [6, 6.07) is 40.1. The minimum Gasteiger partial charge on any atom is -0.344 e. The van der Waals surface area contributed by atoms with Crippen molar-refractivity contribution >= 4 is 22.3 Å². The van der Waals surface area contributed by atoms with Crippen LogP contribution in [0.4, 0.5) is 11.4 Å². The van der Waals surface area contributed by atoms with Crippen molar-refractivity contribution in [2.45, 2.75) is 0 Å². The van der Waals surface area contributed by atoms with Gasteiger partial charge in [-0.3, -0.25) is 0 Å². The average Bonchev–Trinajstić information content (AvgIpc) is 2.84. The number of nitrogens with zero attached hydrogens (tertiary/aromatic N) is 2. The van der Waals surface area contributed by atoms with Gasteiger partial charge in [-0.1, -0.05) is 84.9 Å². The molecule has 0 aliphatic carbocycles. The summed E-state index contributed by atoms with van der Waals surface area (Å²) in [6.07, 6.45) is 0. The molecule has 0 aliphatic heterocycles. The molecule has 0 saturated carbocycles. The Kier molecular flexibility index (Phi) is 4.74. The second kappa shape index (κ2) is 7.84. The van der Waals surface area contributed by atoms with E-state index in [1.165, 1.54) is 16.8 Å². The van der Waals surface area contributed by atoms with Crippen LogP contribution in [0.15, 0.2) is 115 Å². The van der Waals surface area contributed by atoms with E-state index in [1.807, 2.05) is 12.1 Å². The zero-order valence-electron chi connectivity index (χ0n) is 16.9. The second-order valence-corrected chi connectivity index (χ2v) is 7.38. The molecule has 2 nitrogen and oxygen atoms in total. The van der Waals surface area contributed by atoms with Gasteiger partial charge in [0.2, 0.25) is 0 Å². The number of benzene rings is 4. The predicted molar refractivity (Wildman–Crippen MR) is 127 cm³/mol. The third kappa shape index (κ3) is 3.44. The largest absolute Gasteiger partial charge is 0.344 e. The molecular formula is C28H22N2. The lowest BCUT2D eigenvalue weighted by atomic mass is 10.0. The van der Waals surface area contributed by atoms with Gasteiger partial charge in [-0.25, -0.2) is 4.98 Å². The molecule has 5 rings (SSSR count). The molecule has 0 bridgehead atoms. The third-order valence-electron chi connectivity index (χ3n) is 5.50. The molecule has 1 heterocycles. The lowest BCUT2D eigenvalue weighted by molar-refractivity contribution is 1.21. The Morgan fingerprint density at radius 1 is 0.567 bits per heavy atom. The maximum Gasteiger partial charge on any atom is 0.0709 e. The van der Waals surface area contributed by atoms with Crippen molar-refractivity contribution in [1.82, 2.24) is 4.98 Å². The third-order valence-corrected chi connectivity index (χ3v) is 5.50. The van der Waals surface area contributed by atoms with E-state index in [4.69, 9.17) is 4.98 Å². The van der Waals surface area contributed by atoms with Crippen molar-refractivity contribution in [3.63, 3.8) is 0 Å². The smallest absolute Gasteiger partial charge is 0.0709 e. The monoisotopic (exact) mass is 386 g/mol. The molecule has 0 amide bonds. The van der Waals surface area contributed by atoms with E-state index in [9.17, 15) is 0 Å². The van der Waals surface area contributed by atoms with E-state index in [2.05, 4.69) is 115 Å². The van der Waals surface area contributed by atoms with Crippen LogP contribution in [-0.2, 0) is 0 Å². The van der Waals surface area contributed by atoms with E-state index in [0.29, 0.717) is 0 Å². The van der Waals surface area contributed by atoms with Crippen LogP contribution in [-0.4, -0.2) is 12.0 Å². The zero-order chi connectivity index (χ0) is 20.3. The Labute approximate surface area is 177 Å². The number of anilines is 2. The summed E-state index contributed by atoms with van der Waals surface area (Å²) in [5.74, 6) is 0. The first-order chi connectivity index (χ1) is 14.8. The number of fused-ring (bicyclic) bond motifs is 1. The quantitative estimate of drug-likeness (QED) is 0.321. The predicted octanol–water partition coefficient (Wildman–Crippen LogP) is 7.34. The number of hydrogen-bond donors (Lipinski definition) is 0. The maximum atomic E-state index is 4.82. The summed E-state index contributed by atoms with van der Waals surface area (Å²) in [6.45, 7) is 0. The van der Waals surface area contributed by atoms with Crippen molar-refractivity contribution in [2.24, 2.45) is 0 Å². The first-order valence-corrected chi connectivity index (χ1v) is 10.1. The first kappa shape index (κ1) is 18.1. The molecule has 4 aromatic carbocycles. The number of rotatable bonds is 4. The molecule has 0 radical (unpaired) electrons. The number of aromatic nitrogens is 1. The van der Waals surface area contributed by atoms with Gasteiger partial charge in [-0.05, 0) is 35.9 Å². The van der Waals surface area contributed by atoms with Crippen LogP contribution in [0.3, 0.4) is 0 Å². The standard InChI is InChI=1S/C28H22N2/c1-30(28-14-8-6-12-25(28)21-9-3-2-4-10-21)24-18-15-23(16-19-24)27-20-17-22-11-5-7-13-26(22)29-27/h2-20H,1H3. The van der Waals surface area contributed by atoms with Gasteiger partial charge in [0, 0.05) is 34.9 Å². The Morgan fingerprint density at radius 3 is 2.10 bits per heavy atom. The lowest BCUT2D eigenvalue weighted by Gasteiger charge is -2.23. The fourth-order valence-electron chi connectivity index (χ4n) is 3.85. The first-order valence-electron chi connectivity index (χ1n) is 10.1. The Bertz CT molecular complexity index is 1290. The van der Waals surface area contributed by atoms with Gasteiger partial charge in [0.1, 0.15) is 0 Å². The molecule has 0 spiro atoms. The highest BCUT2D eigenvalue weighted by atomic mass is 15.1. The molecule has 0 aliphatic rings. The number of pyridine rings is 1. The van der Waals surface area contributed by atoms with Crippen molar-refractivity contribution in [3.8, 4) is 22.4 Å². The topological polar surface area (TPSA) is 16.1 Å². The second-order valence-electron chi connectivity index (χ2n) is 7.38. The number of para-hydroxylation sites is 2. The Morgan fingerprint density at radius 2 is 1.27 bits per heavy atom. The van der Waals surface area contributed by atoms with E-state index < -0.39 is 0 Å². The average molecular weight is 386 g/mol. The van der Waals surface area contributed by atoms with Crippen LogP contribution in [0.2, 0.25) is 0 Å². The summed E-state index contributed by atoms with van der Waals surface area (Å²) in [5.41, 5.74) is 7.90. The molecular weight excluding hydrogens is 364 g/mol. The van der Waals surface area contributed by atoms with Crippen LogP contribution >= 0.6 is 0 Å². The summed E-state index contributed by atoms with van der Waals surface area (Å²) >= 11 is 0. The Hall–Kier alpha value is -3.91. The SMILES string of the molecule is CN(c1ccc(-c2ccc3ccccc3n2)cc1)c1ccccc1-c1ccccc1. The molecule has 0 N–H and O–H groups in total. The van der Waals surface area contributed by atoms with Crippen molar-refractivity contribution in [2.75, 3.05) is 11.9 Å². The zero-order valence-corrected chi connectivity index (χ0v) is 16.9. The van der Waals surface area contributed by atoms with Crippen molar-refractivity contribution in [3.05, 3.63) is 115 Å². The van der Waals surface area contributed by atoms with Gasteiger partial charge in [0.25, 0.3) is 0 Å². The molecule has 30 heavy (non-hydrogen) atoms. The van der Waals surface area contributed by atoms with E-state index >= 15 is 0 Å². The van der Waals surface area contributed by atoms with E-state index in [1.54, 1.807) is 0 Å². The van der Waals surface area contributed by atoms with Crippen LogP contribution in [0.1, 0.15) is 0 Å². The summed E-state index contributed by atoms with van der Waals surface area (Å²) in [5, 5.41) is 1.16. The summed E-state index contributed by atoms with van der Waals surface area (Å²) < 4.78 is 0. The van der Waals surface area contributed by atoms with Crippen molar-refractivity contribution in [1.29, 1.82) is 0 Å². The minimum absolute atomic E-state index is 0.993. The minimum atomic E-state index is 0.993. The van der Waals surface area contributed by atoms with Gasteiger partial charge in [-0.2, -0.15) is 0 Å². The molecule has 1 aromatic heterocycles. The van der Waals surface area contributed by atoms with Crippen LogP contribution in [0, 0.1) is 0 Å². The molecule has 144 valence electrons. The maximum absolute atomic E-state index is 4.82. The highest BCUT2D eigenvalue weighted by molar-refractivity contribution is 5.83. The molecule has 0 unspecified atom stereocenters. The summed E-state index contributed by atoms with van der Waals surface area (Å²) in [4.78, 5) is 7.05. The molecule has 5 aromatic rings. The molecule has 0 atom stereocenters. The summed E-state index contributed by atoms with van der Waals surface area (Å²) in [7, 11) is 2.12. The van der Waals surface area contributed by atoms with Gasteiger partial charge in [0.05, 0.1) is 11.2 Å². The van der Waals surface area contributed by atoms with Crippen LogP contribution < -0.4 is 4.90 Å². The normalized spacial score (nSPS) is 10.8. The molecule has 2 heteroatoms. The highest BCUT2D eigenvalue weighted by Gasteiger charge is 2.11. The Balaban J connectivity index is 1.47. The lowest BCUT2D eigenvalue weighted by Crippen LogP contribution is -2.10. The van der Waals surface area contributed by atoms with Gasteiger partial charge >= 0.3 is 0 Å². The van der Waals surface area contributed by atoms with Gasteiger partial charge in [-0.15, -0.1) is 0 Å². The fourth-order valence-corrected chi connectivity index (χ4v) is 3.85. The molecule has 0 fully saturated rings. The van der Waals surface area contributed by atoms with Gasteiger partial charge in [0.15, 0.2) is 0 Å². The van der Waals surface area contributed by atoms with E-state index in [-0.39, 0.29) is 0 Å². The fraction of sp³-hybridized carbons (Fsp3) is 0.0357. The van der Waals surface area contributed by atoms with Gasteiger partial charge < -0.3 is 4.90 Å². The van der Waals surface area contributed by atoms with Crippen LogP contribution in [0.5, 0.6) is 0 Å².